The minimum Gasteiger partial charge on any atom is -0.343 e. The normalized spacial score (nSPS) is 18.5. The first-order chi connectivity index (χ1) is 9.66. The van der Waals surface area contributed by atoms with Gasteiger partial charge in [0, 0.05) is 19.9 Å². The summed E-state index contributed by atoms with van der Waals surface area (Å²) in [6.45, 7) is 2.46. The zero-order valence-corrected chi connectivity index (χ0v) is 12.4. The topological polar surface area (TPSA) is 80.0 Å². The van der Waals surface area contributed by atoms with Gasteiger partial charge in [-0.2, -0.15) is 4.98 Å². The van der Waals surface area contributed by atoms with Crippen LogP contribution in [0.1, 0.15) is 56.7 Å². The van der Waals surface area contributed by atoms with Gasteiger partial charge in [-0.3, -0.25) is 4.79 Å². The van der Waals surface area contributed by atoms with Crippen LogP contribution in [-0.4, -0.2) is 29.6 Å². The Morgan fingerprint density at radius 3 is 2.55 bits per heavy atom. The van der Waals surface area contributed by atoms with Gasteiger partial charge in [0.15, 0.2) is 5.82 Å². The fraction of sp³-hybridized carbons (Fsp3) is 0.786. The van der Waals surface area contributed by atoms with Crippen molar-refractivity contribution in [3.8, 4) is 0 Å². The maximum atomic E-state index is 12.1. The minimum absolute atomic E-state index is 0.0451. The van der Waals surface area contributed by atoms with Crippen molar-refractivity contribution in [2.45, 2.75) is 57.4 Å². The van der Waals surface area contributed by atoms with Crippen LogP contribution in [-0.2, 0) is 10.3 Å². The van der Waals surface area contributed by atoms with Crippen LogP contribution in [0.15, 0.2) is 4.52 Å². The number of nitrogens with zero attached hydrogens (tertiary/aromatic N) is 2. The molecule has 1 amide bonds. The smallest absolute Gasteiger partial charge is 0.223 e. The molecule has 112 valence electrons. The van der Waals surface area contributed by atoms with Crippen LogP contribution in [0.4, 0.5) is 0 Å². The average Bonchev–Trinajstić information content (AvgIpc) is 2.73. The summed E-state index contributed by atoms with van der Waals surface area (Å²) < 4.78 is 5.12. The molecule has 0 aliphatic heterocycles. The van der Waals surface area contributed by atoms with Crippen LogP contribution in [0.3, 0.4) is 0 Å². The fourth-order valence-corrected chi connectivity index (χ4v) is 2.80. The third-order valence-electron chi connectivity index (χ3n) is 3.89. The second kappa shape index (κ2) is 6.83. The Labute approximate surface area is 119 Å². The predicted molar refractivity (Wildman–Crippen MR) is 75.1 cm³/mol. The van der Waals surface area contributed by atoms with E-state index >= 15 is 0 Å². The number of amides is 1. The highest BCUT2D eigenvalue weighted by molar-refractivity contribution is 5.77. The maximum absolute atomic E-state index is 12.1. The number of aromatic nitrogens is 2. The first-order valence-corrected chi connectivity index (χ1v) is 7.43. The number of nitrogens with one attached hydrogen (secondary N) is 2. The quantitative estimate of drug-likeness (QED) is 0.802. The van der Waals surface area contributed by atoms with E-state index in [1.165, 1.54) is 12.8 Å². The van der Waals surface area contributed by atoms with Crippen LogP contribution in [0.5, 0.6) is 0 Å². The molecule has 0 aromatic carbocycles. The summed E-state index contributed by atoms with van der Waals surface area (Å²) >= 11 is 0. The summed E-state index contributed by atoms with van der Waals surface area (Å²) in [4.78, 5) is 16.5. The number of rotatable bonds is 5. The lowest BCUT2D eigenvalue weighted by Gasteiger charge is -2.30. The van der Waals surface area contributed by atoms with Gasteiger partial charge in [0.25, 0.3) is 0 Å². The Bertz CT molecular complexity index is 436. The largest absolute Gasteiger partial charge is 0.343 e. The summed E-state index contributed by atoms with van der Waals surface area (Å²) in [5.41, 5.74) is -0.445. The molecule has 0 atom stereocenters. The van der Waals surface area contributed by atoms with Crippen molar-refractivity contribution >= 4 is 5.91 Å². The lowest BCUT2D eigenvalue weighted by molar-refractivity contribution is -0.123. The monoisotopic (exact) mass is 280 g/mol. The van der Waals surface area contributed by atoms with Gasteiger partial charge in [0.2, 0.25) is 11.8 Å². The van der Waals surface area contributed by atoms with Crippen LogP contribution in [0.25, 0.3) is 0 Å². The number of hydrogen-bond donors (Lipinski definition) is 2. The second-order valence-electron chi connectivity index (χ2n) is 5.54. The van der Waals surface area contributed by atoms with E-state index in [4.69, 9.17) is 4.52 Å². The molecule has 0 unspecified atom stereocenters. The highest BCUT2D eigenvalue weighted by Gasteiger charge is 2.38. The number of carbonyl (C=O) groups is 1. The number of aryl methyl sites for hydroxylation is 1. The molecule has 1 aliphatic rings. The third kappa shape index (κ3) is 3.56. The zero-order valence-electron chi connectivity index (χ0n) is 12.4. The number of carbonyl (C=O) groups excluding carboxylic acids is 1. The zero-order chi connectivity index (χ0) is 14.4. The van der Waals surface area contributed by atoms with E-state index in [2.05, 4.69) is 20.8 Å². The van der Waals surface area contributed by atoms with Gasteiger partial charge in [0.05, 0.1) is 0 Å². The molecule has 2 rings (SSSR count). The van der Waals surface area contributed by atoms with Gasteiger partial charge < -0.3 is 15.2 Å². The highest BCUT2D eigenvalue weighted by atomic mass is 16.5. The molecular weight excluding hydrogens is 256 g/mol. The molecule has 0 bridgehead atoms. The molecule has 1 fully saturated rings. The Kier molecular flexibility index (Phi) is 5.11. The molecule has 2 N–H and O–H groups in total. The Morgan fingerprint density at radius 1 is 1.30 bits per heavy atom. The summed E-state index contributed by atoms with van der Waals surface area (Å²) in [7, 11) is 1.84. The van der Waals surface area contributed by atoms with E-state index < -0.39 is 5.54 Å². The third-order valence-corrected chi connectivity index (χ3v) is 3.89. The Balaban J connectivity index is 2.17. The molecule has 0 radical (unpaired) electrons. The Hall–Kier alpha value is -1.43. The van der Waals surface area contributed by atoms with E-state index in [1.54, 1.807) is 6.92 Å². The van der Waals surface area contributed by atoms with E-state index in [9.17, 15) is 4.79 Å². The predicted octanol–water partition coefficient (Wildman–Crippen LogP) is 1.65. The van der Waals surface area contributed by atoms with E-state index in [-0.39, 0.29) is 5.91 Å². The summed E-state index contributed by atoms with van der Waals surface area (Å²) in [6, 6.07) is 0. The van der Waals surface area contributed by atoms with E-state index in [0.29, 0.717) is 24.7 Å². The average molecular weight is 280 g/mol. The van der Waals surface area contributed by atoms with Gasteiger partial charge in [0.1, 0.15) is 5.54 Å². The van der Waals surface area contributed by atoms with Crippen molar-refractivity contribution in [1.82, 2.24) is 20.8 Å². The first kappa shape index (κ1) is 15.0. The number of hydrogen-bond acceptors (Lipinski definition) is 5. The molecule has 1 aliphatic carbocycles. The van der Waals surface area contributed by atoms with E-state index in [1.807, 2.05) is 7.05 Å². The molecule has 6 heteroatoms. The van der Waals surface area contributed by atoms with Crippen molar-refractivity contribution in [1.29, 1.82) is 0 Å². The summed E-state index contributed by atoms with van der Waals surface area (Å²) in [5, 5.41) is 10.2. The lowest BCUT2D eigenvalue weighted by Crippen LogP contribution is -2.47. The summed E-state index contributed by atoms with van der Waals surface area (Å²) in [5.74, 6) is 1.23. The minimum atomic E-state index is -0.445. The van der Waals surface area contributed by atoms with Crippen LogP contribution in [0, 0.1) is 6.92 Å². The molecular formula is C14H24N4O2. The molecule has 1 aromatic rings. The molecule has 0 saturated heterocycles. The highest BCUT2D eigenvalue weighted by Crippen LogP contribution is 2.34. The molecule has 20 heavy (non-hydrogen) atoms. The van der Waals surface area contributed by atoms with E-state index in [0.717, 1.165) is 25.7 Å². The first-order valence-electron chi connectivity index (χ1n) is 7.43. The molecule has 1 saturated carbocycles. The van der Waals surface area contributed by atoms with Crippen molar-refractivity contribution < 1.29 is 9.32 Å². The van der Waals surface area contributed by atoms with Crippen LogP contribution in [0.2, 0.25) is 0 Å². The van der Waals surface area contributed by atoms with Crippen LogP contribution < -0.4 is 10.6 Å². The maximum Gasteiger partial charge on any atom is 0.223 e. The van der Waals surface area contributed by atoms with Crippen molar-refractivity contribution in [2.75, 3.05) is 13.6 Å². The summed E-state index contributed by atoms with van der Waals surface area (Å²) in [6.07, 6.45) is 6.80. The molecule has 0 spiro atoms. The van der Waals surface area contributed by atoms with Gasteiger partial charge in [-0.05, 0) is 19.9 Å². The van der Waals surface area contributed by atoms with Gasteiger partial charge in [-0.25, -0.2) is 0 Å². The molecule has 1 heterocycles. The van der Waals surface area contributed by atoms with Crippen LogP contribution >= 0.6 is 0 Å². The van der Waals surface area contributed by atoms with Gasteiger partial charge in [-0.1, -0.05) is 30.8 Å². The van der Waals surface area contributed by atoms with Crippen molar-refractivity contribution in [3.05, 3.63) is 11.7 Å². The van der Waals surface area contributed by atoms with Crippen molar-refractivity contribution in [3.63, 3.8) is 0 Å². The fourth-order valence-electron chi connectivity index (χ4n) is 2.80. The van der Waals surface area contributed by atoms with Gasteiger partial charge in [-0.15, -0.1) is 0 Å². The van der Waals surface area contributed by atoms with Crippen molar-refractivity contribution in [2.24, 2.45) is 0 Å². The Morgan fingerprint density at radius 2 is 2.00 bits per heavy atom. The second-order valence-corrected chi connectivity index (χ2v) is 5.54. The SMILES string of the molecule is CNCCC(=O)NC1(c2noc(C)n2)CCCCCC1. The molecule has 1 aromatic heterocycles. The molecule has 6 nitrogen and oxygen atoms in total. The standard InChI is InChI=1S/C14H24N4O2/c1-11-16-13(18-20-11)14(8-5-3-4-6-9-14)17-12(19)7-10-15-2/h15H,3-10H2,1-2H3,(H,17,19). The van der Waals surface area contributed by atoms with Gasteiger partial charge >= 0.3 is 0 Å². The lowest BCUT2D eigenvalue weighted by atomic mass is 9.89.